The molecule has 7 heteroatoms. The Morgan fingerprint density at radius 2 is 2.12 bits per heavy atom. The summed E-state index contributed by atoms with van der Waals surface area (Å²) in [6.07, 6.45) is 4.67. The van der Waals surface area contributed by atoms with Gasteiger partial charge in [0.15, 0.2) is 17.4 Å². The number of nitrogens with zero attached hydrogens (tertiary/aromatic N) is 3. The molecule has 0 unspecified atom stereocenters. The van der Waals surface area contributed by atoms with Gasteiger partial charge in [0.1, 0.15) is 0 Å². The lowest BCUT2D eigenvalue weighted by molar-refractivity contribution is -0.131. The largest absolute Gasteiger partial charge is 0.339 e. The molecule has 25 heavy (non-hydrogen) atoms. The van der Waals surface area contributed by atoms with Gasteiger partial charge in [-0.3, -0.25) is 14.3 Å². The minimum atomic E-state index is -0.988. The number of ketones is 1. The number of hydrogen-bond acceptors (Lipinski definition) is 3. The van der Waals surface area contributed by atoms with Crippen molar-refractivity contribution in [2.24, 2.45) is 7.05 Å². The third-order valence-corrected chi connectivity index (χ3v) is 4.52. The predicted molar refractivity (Wildman–Crippen MR) is 87.0 cm³/mol. The number of benzene rings is 1. The zero-order valence-corrected chi connectivity index (χ0v) is 13.9. The Balaban J connectivity index is 1.67. The minimum absolute atomic E-state index is 0.0363. The molecule has 1 saturated heterocycles. The van der Waals surface area contributed by atoms with E-state index in [1.807, 2.05) is 0 Å². The third kappa shape index (κ3) is 3.75. The van der Waals surface area contributed by atoms with Crippen LogP contribution in [0.1, 0.15) is 35.2 Å². The van der Waals surface area contributed by atoms with E-state index in [0.29, 0.717) is 12.1 Å². The molecule has 0 aliphatic carbocycles. The van der Waals surface area contributed by atoms with E-state index in [9.17, 15) is 18.4 Å². The lowest BCUT2D eigenvalue weighted by Crippen LogP contribution is -2.38. The van der Waals surface area contributed by atoms with Crippen LogP contribution in [-0.2, 0) is 18.3 Å². The minimum Gasteiger partial charge on any atom is -0.339 e. The van der Waals surface area contributed by atoms with E-state index in [4.69, 9.17) is 0 Å². The number of hydrogen-bond donors (Lipinski definition) is 0. The summed E-state index contributed by atoms with van der Waals surface area (Å²) in [5.41, 5.74) is 0.548. The fourth-order valence-electron chi connectivity index (χ4n) is 3.22. The molecule has 0 radical (unpaired) electrons. The van der Waals surface area contributed by atoms with Crippen LogP contribution in [0.4, 0.5) is 8.78 Å². The van der Waals surface area contributed by atoms with Crippen LogP contribution in [-0.4, -0.2) is 39.0 Å². The van der Waals surface area contributed by atoms with Gasteiger partial charge in [-0.2, -0.15) is 5.10 Å². The summed E-state index contributed by atoms with van der Waals surface area (Å²) < 4.78 is 28.6. The number of halogens is 2. The highest BCUT2D eigenvalue weighted by molar-refractivity contribution is 5.96. The summed E-state index contributed by atoms with van der Waals surface area (Å²) in [6.45, 7) is 0.529. The molecule has 132 valence electrons. The van der Waals surface area contributed by atoms with E-state index in [1.165, 1.54) is 18.3 Å². The van der Waals surface area contributed by atoms with E-state index < -0.39 is 11.6 Å². The molecular weight excluding hydrogens is 328 g/mol. The van der Waals surface area contributed by atoms with Gasteiger partial charge in [-0.1, -0.05) is 12.1 Å². The molecule has 1 aromatic carbocycles. The van der Waals surface area contributed by atoms with Gasteiger partial charge in [0.05, 0.1) is 18.2 Å². The highest BCUT2D eigenvalue weighted by atomic mass is 19.2. The van der Waals surface area contributed by atoms with Crippen LogP contribution in [0.5, 0.6) is 0 Å². The van der Waals surface area contributed by atoms with Crippen molar-refractivity contribution in [3.8, 4) is 0 Å². The molecule has 0 saturated carbocycles. The molecule has 1 aromatic heterocycles. The smallest absolute Gasteiger partial charge is 0.227 e. The summed E-state index contributed by atoms with van der Waals surface area (Å²) in [5.74, 6) is -2.31. The van der Waals surface area contributed by atoms with Crippen LogP contribution >= 0.6 is 0 Å². The monoisotopic (exact) mass is 347 g/mol. The standard InChI is InChI=1S/C18H19F2N3O2/c1-22-11-13(10-21-22)16(24)9-14-5-3-7-23(14)17(25)8-12-4-2-6-15(19)18(12)20/h2,4,6,10-11,14H,3,5,7-9H2,1H3/t14-/m0/s1. The number of aryl methyl sites for hydroxylation is 1. The third-order valence-electron chi connectivity index (χ3n) is 4.52. The van der Waals surface area contributed by atoms with Crippen LogP contribution in [0, 0.1) is 11.6 Å². The molecule has 3 rings (SSSR count). The second-order valence-corrected chi connectivity index (χ2v) is 6.30. The maximum atomic E-state index is 13.8. The van der Waals surface area contributed by atoms with Gasteiger partial charge < -0.3 is 4.90 Å². The topological polar surface area (TPSA) is 55.2 Å². The number of aromatic nitrogens is 2. The van der Waals surface area contributed by atoms with Crippen molar-refractivity contribution >= 4 is 11.7 Å². The number of rotatable bonds is 5. The molecule has 5 nitrogen and oxygen atoms in total. The summed E-state index contributed by atoms with van der Waals surface area (Å²) >= 11 is 0. The normalized spacial score (nSPS) is 17.1. The predicted octanol–water partition coefficient (Wildman–Crippen LogP) is 2.50. The van der Waals surface area contributed by atoms with Crippen molar-refractivity contribution in [2.45, 2.75) is 31.7 Å². The van der Waals surface area contributed by atoms with Gasteiger partial charge >= 0.3 is 0 Å². The second kappa shape index (κ2) is 7.13. The first-order valence-corrected chi connectivity index (χ1v) is 8.20. The quantitative estimate of drug-likeness (QED) is 0.781. The number of carbonyl (C=O) groups excluding carboxylic acids is 2. The van der Waals surface area contributed by atoms with E-state index >= 15 is 0 Å². The maximum Gasteiger partial charge on any atom is 0.227 e. The van der Waals surface area contributed by atoms with Crippen molar-refractivity contribution in [1.29, 1.82) is 0 Å². The first-order chi connectivity index (χ1) is 12.0. The molecule has 2 heterocycles. The number of amides is 1. The zero-order chi connectivity index (χ0) is 18.0. The highest BCUT2D eigenvalue weighted by Gasteiger charge is 2.31. The van der Waals surface area contributed by atoms with Gasteiger partial charge in [-0.05, 0) is 18.9 Å². The average molecular weight is 347 g/mol. The van der Waals surface area contributed by atoms with E-state index in [2.05, 4.69) is 5.10 Å². The van der Waals surface area contributed by atoms with E-state index in [-0.39, 0.29) is 36.1 Å². The first kappa shape index (κ1) is 17.3. The van der Waals surface area contributed by atoms with Crippen molar-refractivity contribution in [2.75, 3.05) is 6.54 Å². The van der Waals surface area contributed by atoms with Crippen LogP contribution < -0.4 is 0 Å². The van der Waals surface area contributed by atoms with E-state index in [1.54, 1.807) is 22.8 Å². The van der Waals surface area contributed by atoms with E-state index in [0.717, 1.165) is 18.9 Å². The second-order valence-electron chi connectivity index (χ2n) is 6.30. The Labute approximate surface area is 144 Å². The van der Waals surface area contributed by atoms with Crippen molar-refractivity contribution in [1.82, 2.24) is 14.7 Å². The summed E-state index contributed by atoms with van der Waals surface area (Å²) in [5, 5.41) is 3.98. The molecule has 1 aliphatic heterocycles. The Morgan fingerprint density at radius 3 is 2.84 bits per heavy atom. The van der Waals surface area contributed by atoms with Crippen molar-refractivity contribution in [3.63, 3.8) is 0 Å². The fraction of sp³-hybridized carbons (Fsp3) is 0.389. The van der Waals surface area contributed by atoms with Gasteiger partial charge in [-0.25, -0.2) is 8.78 Å². The number of likely N-dealkylation sites (tertiary alicyclic amines) is 1. The Morgan fingerprint density at radius 1 is 1.32 bits per heavy atom. The molecular formula is C18H19F2N3O2. The lowest BCUT2D eigenvalue weighted by Gasteiger charge is -2.24. The van der Waals surface area contributed by atoms with Crippen LogP contribution in [0.15, 0.2) is 30.6 Å². The lowest BCUT2D eigenvalue weighted by atomic mass is 10.0. The van der Waals surface area contributed by atoms with Gasteiger partial charge in [-0.15, -0.1) is 0 Å². The molecule has 1 aliphatic rings. The van der Waals surface area contributed by atoms with Gasteiger partial charge in [0.2, 0.25) is 5.91 Å². The number of Topliss-reactive ketones (excluding diaryl/α,β-unsaturated/α-hetero) is 1. The van der Waals surface area contributed by atoms with Crippen LogP contribution in [0.2, 0.25) is 0 Å². The summed E-state index contributed by atoms with van der Waals surface area (Å²) in [6, 6.07) is 3.60. The molecule has 1 atom stereocenters. The van der Waals surface area contributed by atoms with Crippen molar-refractivity contribution in [3.05, 3.63) is 53.4 Å². The Kier molecular flexibility index (Phi) is 4.92. The molecule has 1 fully saturated rings. The maximum absolute atomic E-state index is 13.8. The fourth-order valence-corrected chi connectivity index (χ4v) is 3.22. The van der Waals surface area contributed by atoms with Gasteiger partial charge in [0.25, 0.3) is 0 Å². The highest BCUT2D eigenvalue weighted by Crippen LogP contribution is 2.23. The zero-order valence-electron chi connectivity index (χ0n) is 13.9. The molecule has 0 N–H and O–H groups in total. The SMILES string of the molecule is Cn1cc(C(=O)C[C@@H]2CCCN2C(=O)Cc2cccc(F)c2F)cn1. The molecule has 2 aromatic rings. The van der Waals surface area contributed by atoms with Crippen molar-refractivity contribution < 1.29 is 18.4 Å². The number of carbonyl (C=O) groups is 2. The van der Waals surface area contributed by atoms with Crippen LogP contribution in [0.25, 0.3) is 0 Å². The molecule has 0 spiro atoms. The summed E-state index contributed by atoms with van der Waals surface area (Å²) in [4.78, 5) is 26.5. The average Bonchev–Trinajstić information content (AvgIpc) is 3.21. The molecule has 0 bridgehead atoms. The summed E-state index contributed by atoms with van der Waals surface area (Å²) in [7, 11) is 1.73. The first-order valence-electron chi connectivity index (χ1n) is 8.20. The van der Waals surface area contributed by atoms with Gasteiger partial charge in [0, 0.05) is 37.8 Å². The Bertz CT molecular complexity index is 803. The molecule has 1 amide bonds. The Hall–Kier alpha value is -2.57. The van der Waals surface area contributed by atoms with Crippen LogP contribution in [0.3, 0.4) is 0 Å².